The highest BCUT2D eigenvalue weighted by atomic mass is 32.1. The molecular formula is C8H12N4O2S. The molecule has 2 rings (SSSR count). The number of rotatable bonds is 3. The van der Waals surface area contributed by atoms with Crippen LogP contribution >= 0.6 is 11.3 Å². The fourth-order valence-corrected chi connectivity index (χ4v) is 1.93. The molecule has 1 fully saturated rings. The van der Waals surface area contributed by atoms with Gasteiger partial charge in [0.1, 0.15) is 11.6 Å². The van der Waals surface area contributed by atoms with Gasteiger partial charge in [0.15, 0.2) is 0 Å². The van der Waals surface area contributed by atoms with E-state index in [1.165, 1.54) is 11.3 Å². The zero-order valence-corrected chi connectivity index (χ0v) is 8.87. The van der Waals surface area contributed by atoms with E-state index >= 15 is 0 Å². The molecule has 0 aromatic carbocycles. The summed E-state index contributed by atoms with van der Waals surface area (Å²) in [5, 5.41) is 10.5. The second-order valence-corrected chi connectivity index (χ2v) is 4.13. The Morgan fingerprint density at radius 2 is 2.60 bits per heavy atom. The average Bonchev–Trinajstić information content (AvgIpc) is 2.86. The summed E-state index contributed by atoms with van der Waals surface area (Å²) in [5.41, 5.74) is 7.02. The van der Waals surface area contributed by atoms with Gasteiger partial charge in [0.25, 0.3) is 5.91 Å². The largest absolute Gasteiger partial charge is 0.364 e. The maximum Gasteiger partial charge on any atom is 0.255 e. The van der Waals surface area contributed by atoms with Crippen LogP contribution in [0.2, 0.25) is 0 Å². The smallest absolute Gasteiger partial charge is 0.255 e. The van der Waals surface area contributed by atoms with E-state index in [-0.39, 0.29) is 12.0 Å². The molecule has 0 radical (unpaired) electrons. The lowest BCUT2D eigenvalue weighted by atomic mass is 10.2. The molecule has 1 aromatic rings. The quantitative estimate of drug-likeness (QED) is 0.759. The molecule has 6 nitrogen and oxygen atoms in total. The summed E-state index contributed by atoms with van der Waals surface area (Å²) >= 11 is 1.28. The van der Waals surface area contributed by atoms with Gasteiger partial charge < -0.3 is 10.5 Å². The van der Waals surface area contributed by atoms with Crippen molar-refractivity contribution in [1.29, 1.82) is 0 Å². The minimum Gasteiger partial charge on any atom is -0.364 e. The van der Waals surface area contributed by atoms with Gasteiger partial charge in [0.2, 0.25) is 5.13 Å². The van der Waals surface area contributed by atoms with E-state index in [1.54, 1.807) is 5.51 Å². The van der Waals surface area contributed by atoms with Gasteiger partial charge in [0.05, 0.1) is 6.10 Å². The molecular weight excluding hydrogens is 216 g/mol. The molecule has 1 aromatic heterocycles. The number of hydrogen-bond acceptors (Lipinski definition) is 6. The van der Waals surface area contributed by atoms with Crippen LogP contribution in [0.4, 0.5) is 5.13 Å². The number of nitrogens with one attached hydrogen (secondary N) is 1. The topological polar surface area (TPSA) is 90.1 Å². The third-order valence-electron chi connectivity index (χ3n) is 2.25. The SMILES string of the molecule is NCC1CCC(C(=O)Nc2nncs2)O1. The third kappa shape index (κ3) is 2.49. The van der Waals surface area contributed by atoms with Crippen molar-refractivity contribution in [1.82, 2.24) is 10.2 Å². The van der Waals surface area contributed by atoms with E-state index in [2.05, 4.69) is 15.5 Å². The first kappa shape index (κ1) is 10.5. The van der Waals surface area contributed by atoms with Crippen LogP contribution < -0.4 is 11.1 Å². The van der Waals surface area contributed by atoms with Crippen molar-refractivity contribution < 1.29 is 9.53 Å². The molecule has 3 N–H and O–H groups in total. The van der Waals surface area contributed by atoms with Crippen LogP contribution in [-0.4, -0.2) is 34.9 Å². The van der Waals surface area contributed by atoms with Crippen LogP contribution in [0.15, 0.2) is 5.51 Å². The minimum atomic E-state index is -0.401. The summed E-state index contributed by atoms with van der Waals surface area (Å²) in [7, 11) is 0. The Morgan fingerprint density at radius 3 is 3.20 bits per heavy atom. The van der Waals surface area contributed by atoms with Crippen LogP contribution in [0.5, 0.6) is 0 Å². The molecule has 0 saturated carbocycles. The highest BCUT2D eigenvalue weighted by Crippen LogP contribution is 2.20. The standard InChI is InChI=1S/C8H12N4O2S/c9-3-5-1-2-6(14-5)7(13)11-8-12-10-4-15-8/h4-6H,1-3,9H2,(H,11,12,13). The van der Waals surface area contributed by atoms with Crippen LogP contribution in [0.25, 0.3) is 0 Å². The molecule has 0 bridgehead atoms. The van der Waals surface area contributed by atoms with Crippen LogP contribution in [-0.2, 0) is 9.53 Å². The van der Waals surface area contributed by atoms with Crippen LogP contribution in [0.1, 0.15) is 12.8 Å². The van der Waals surface area contributed by atoms with Crippen molar-refractivity contribution in [2.24, 2.45) is 5.73 Å². The Bertz CT molecular complexity index is 329. The number of hydrogen-bond donors (Lipinski definition) is 2. The van der Waals surface area contributed by atoms with Gasteiger partial charge in [-0.2, -0.15) is 0 Å². The highest BCUT2D eigenvalue weighted by Gasteiger charge is 2.30. The lowest BCUT2D eigenvalue weighted by molar-refractivity contribution is -0.126. The Morgan fingerprint density at radius 1 is 1.73 bits per heavy atom. The predicted molar refractivity (Wildman–Crippen MR) is 55.5 cm³/mol. The second-order valence-electron chi connectivity index (χ2n) is 3.29. The molecule has 0 aliphatic carbocycles. The summed E-state index contributed by atoms with van der Waals surface area (Å²) in [5.74, 6) is -0.164. The monoisotopic (exact) mass is 228 g/mol. The molecule has 2 unspecified atom stereocenters. The minimum absolute atomic E-state index is 0.00942. The molecule has 7 heteroatoms. The molecule has 15 heavy (non-hydrogen) atoms. The van der Waals surface area contributed by atoms with Gasteiger partial charge in [-0.1, -0.05) is 11.3 Å². The molecule has 1 aliphatic heterocycles. The number of nitrogens with zero attached hydrogens (tertiary/aromatic N) is 2. The predicted octanol–water partition coefficient (Wildman–Crippen LogP) is -0.0171. The molecule has 0 spiro atoms. The first-order valence-corrected chi connectivity index (χ1v) is 5.60. The normalized spacial score (nSPS) is 25.4. The Kier molecular flexibility index (Phi) is 3.24. The van der Waals surface area contributed by atoms with Crippen LogP contribution in [0, 0.1) is 0 Å². The number of aromatic nitrogens is 2. The van der Waals surface area contributed by atoms with E-state index in [9.17, 15) is 4.79 Å². The molecule has 1 saturated heterocycles. The number of carbonyl (C=O) groups is 1. The maximum absolute atomic E-state index is 11.6. The first-order valence-electron chi connectivity index (χ1n) is 4.72. The lowest BCUT2D eigenvalue weighted by Crippen LogP contribution is -2.29. The fourth-order valence-electron chi connectivity index (χ4n) is 1.49. The zero-order chi connectivity index (χ0) is 10.7. The first-order chi connectivity index (χ1) is 7.29. The second kappa shape index (κ2) is 4.65. The number of anilines is 1. The summed E-state index contributed by atoms with van der Waals surface area (Å²) in [6, 6.07) is 0. The van der Waals surface area contributed by atoms with Gasteiger partial charge in [-0.15, -0.1) is 10.2 Å². The van der Waals surface area contributed by atoms with Crippen molar-refractivity contribution in [3.05, 3.63) is 5.51 Å². The van der Waals surface area contributed by atoms with E-state index < -0.39 is 6.10 Å². The summed E-state index contributed by atoms with van der Waals surface area (Å²) in [6.45, 7) is 0.461. The summed E-state index contributed by atoms with van der Waals surface area (Å²) in [4.78, 5) is 11.6. The van der Waals surface area contributed by atoms with Gasteiger partial charge >= 0.3 is 0 Å². The van der Waals surface area contributed by atoms with Crippen molar-refractivity contribution in [3.63, 3.8) is 0 Å². The number of ether oxygens (including phenoxy) is 1. The van der Waals surface area contributed by atoms with Crippen molar-refractivity contribution >= 4 is 22.4 Å². The Balaban J connectivity index is 1.87. The van der Waals surface area contributed by atoms with Crippen LogP contribution in [0.3, 0.4) is 0 Å². The highest BCUT2D eigenvalue weighted by molar-refractivity contribution is 7.13. The molecule has 2 atom stereocenters. The van der Waals surface area contributed by atoms with Gasteiger partial charge in [-0.25, -0.2) is 0 Å². The van der Waals surface area contributed by atoms with Gasteiger partial charge in [-0.3, -0.25) is 10.1 Å². The molecule has 2 heterocycles. The molecule has 1 aliphatic rings. The van der Waals surface area contributed by atoms with Gasteiger partial charge in [0, 0.05) is 6.54 Å². The Hall–Kier alpha value is -1.05. The Labute approximate surface area is 90.8 Å². The van der Waals surface area contributed by atoms with E-state index in [0.29, 0.717) is 18.1 Å². The number of carbonyl (C=O) groups excluding carboxylic acids is 1. The van der Waals surface area contributed by atoms with Crippen molar-refractivity contribution in [2.75, 3.05) is 11.9 Å². The molecule has 82 valence electrons. The average molecular weight is 228 g/mol. The van der Waals surface area contributed by atoms with Crippen molar-refractivity contribution in [2.45, 2.75) is 25.0 Å². The van der Waals surface area contributed by atoms with Gasteiger partial charge in [-0.05, 0) is 12.8 Å². The number of nitrogens with two attached hydrogens (primary N) is 1. The van der Waals surface area contributed by atoms with E-state index in [0.717, 1.165) is 6.42 Å². The summed E-state index contributed by atoms with van der Waals surface area (Å²) in [6.07, 6.45) is 1.16. The van der Waals surface area contributed by atoms with Crippen molar-refractivity contribution in [3.8, 4) is 0 Å². The maximum atomic E-state index is 11.6. The lowest BCUT2D eigenvalue weighted by Gasteiger charge is -2.10. The third-order valence-corrected chi connectivity index (χ3v) is 2.86. The summed E-state index contributed by atoms with van der Waals surface area (Å²) < 4.78 is 5.44. The van der Waals surface area contributed by atoms with E-state index in [4.69, 9.17) is 10.5 Å². The molecule has 1 amide bonds. The van der Waals surface area contributed by atoms with E-state index in [1.807, 2.05) is 0 Å². The zero-order valence-electron chi connectivity index (χ0n) is 8.05. The fraction of sp³-hybridized carbons (Fsp3) is 0.625. The number of amides is 1.